The highest BCUT2D eigenvalue weighted by Crippen LogP contribution is 2.41. The highest BCUT2D eigenvalue weighted by Gasteiger charge is 2.30. The predicted molar refractivity (Wildman–Crippen MR) is 111 cm³/mol. The van der Waals surface area contributed by atoms with Crippen LogP contribution in [0.1, 0.15) is 77.6 Å². The second-order valence-corrected chi connectivity index (χ2v) is 8.91. The van der Waals surface area contributed by atoms with Crippen LogP contribution in [-0.4, -0.2) is 6.61 Å². The van der Waals surface area contributed by atoms with Crippen molar-refractivity contribution >= 4 is 0 Å². The third kappa shape index (κ3) is 6.32. The first kappa shape index (κ1) is 21.3. The Morgan fingerprint density at radius 2 is 1.61 bits per heavy atom. The molecule has 2 aliphatic carbocycles. The van der Waals surface area contributed by atoms with Gasteiger partial charge in [-0.2, -0.15) is 0 Å². The fraction of sp³-hybridized carbons (Fsp3) is 0.680. The molecule has 0 amide bonds. The van der Waals surface area contributed by atoms with Gasteiger partial charge < -0.3 is 4.74 Å². The zero-order valence-electron chi connectivity index (χ0n) is 17.3. The van der Waals surface area contributed by atoms with E-state index in [2.05, 4.69) is 19.1 Å². The minimum atomic E-state index is -0.836. The lowest BCUT2D eigenvalue weighted by Crippen LogP contribution is -2.27. The number of ether oxygens (including phenoxy) is 1. The van der Waals surface area contributed by atoms with Gasteiger partial charge in [0.2, 0.25) is 0 Å². The van der Waals surface area contributed by atoms with Gasteiger partial charge in [-0.05, 0) is 93.6 Å². The molecule has 0 spiro atoms. The molecule has 28 heavy (non-hydrogen) atoms. The van der Waals surface area contributed by atoms with Crippen molar-refractivity contribution in [3.8, 4) is 5.75 Å². The molecule has 0 saturated heterocycles. The third-order valence-corrected chi connectivity index (χ3v) is 6.88. The van der Waals surface area contributed by atoms with Gasteiger partial charge in [-0.1, -0.05) is 31.9 Å². The van der Waals surface area contributed by atoms with Crippen molar-refractivity contribution in [3.63, 3.8) is 0 Å². The molecule has 1 nitrogen and oxygen atoms in total. The van der Waals surface area contributed by atoms with Gasteiger partial charge >= 0.3 is 0 Å². The van der Waals surface area contributed by atoms with Crippen LogP contribution in [0.2, 0.25) is 0 Å². The average Bonchev–Trinajstić information content (AvgIpc) is 2.73. The van der Waals surface area contributed by atoms with E-state index in [0.29, 0.717) is 18.3 Å². The fourth-order valence-electron chi connectivity index (χ4n) is 5.03. The first-order valence-electron chi connectivity index (χ1n) is 11.4. The monoisotopic (exact) mass is 390 g/mol. The lowest BCUT2D eigenvalue weighted by atomic mass is 9.69. The van der Waals surface area contributed by atoms with Crippen molar-refractivity contribution in [2.75, 3.05) is 6.61 Å². The van der Waals surface area contributed by atoms with E-state index >= 15 is 0 Å². The summed E-state index contributed by atoms with van der Waals surface area (Å²) in [5.74, 6) is 1.93. The van der Waals surface area contributed by atoms with Crippen molar-refractivity contribution in [1.29, 1.82) is 0 Å². The summed E-state index contributed by atoms with van der Waals surface area (Å²) in [4.78, 5) is 0. The Morgan fingerprint density at radius 3 is 2.25 bits per heavy atom. The molecule has 0 aromatic heterocycles. The van der Waals surface area contributed by atoms with Gasteiger partial charge in [0.1, 0.15) is 5.75 Å². The minimum absolute atomic E-state index is 0.436. The van der Waals surface area contributed by atoms with Gasteiger partial charge in [0.25, 0.3) is 0 Å². The number of hydrogen-bond donors (Lipinski definition) is 0. The SMILES string of the molecule is CCCCC=CC1CCC(C2CCC(COc3ccc(F)c(F)c3)CC2)CC1. The molecule has 3 rings (SSSR count). The number of unbranched alkanes of at least 4 members (excludes halogenated alkanes) is 2. The first-order valence-corrected chi connectivity index (χ1v) is 11.4. The lowest BCUT2D eigenvalue weighted by Gasteiger charge is -2.37. The maximum atomic E-state index is 13.3. The molecule has 0 unspecified atom stereocenters. The fourth-order valence-corrected chi connectivity index (χ4v) is 5.03. The Kier molecular flexibility index (Phi) is 8.36. The van der Waals surface area contributed by atoms with E-state index in [-0.39, 0.29) is 0 Å². The first-order chi connectivity index (χ1) is 13.7. The van der Waals surface area contributed by atoms with E-state index in [0.717, 1.165) is 29.9 Å². The van der Waals surface area contributed by atoms with Gasteiger partial charge in [0.05, 0.1) is 6.61 Å². The largest absolute Gasteiger partial charge is 0.493 e. The molecule has 2 aliphatic rings. The molecule has 1 aromatic carbocycles. The van der Waals surface area contributed by atoms with E-state index in [1.807, 2.05) is 0 Å². The smallest absolute Gasteiger partial charge is 0.162 e. The molecule has 2 fully saturated rings. The summed E-state index contributed by atoms with van der Waals surface area (Å²) in [5.41, 5.74) is 0. The summed E-state index contributed by atoms with van der Waals surface area (Å²) in [5, 5.41) is 0. The van der Waals surface area contributed by atoms with E-state index < -0.39 is 11.6 Å². The van der Waals surface area contributed by atoms with Gasteiger partial charge in [0, 0.05) is 6.07 Å². The predicted octanol–water partition coefficient (Wildman–Crippen LogP) is 7.70. The van der Waals surface area contributed by atoms with Crippen molar-refractivity contribution in [1.82, 2.24) is 0 Å². The molecule has 0 atom stereocenters. The highest BCUT2D eigenvalue weighted by atomic mass is 19.2. The number of hydrogen-bond acceptors (Lipinski definition) is 1. The quantitative estimate of drug-likeness (QED) is 0.326. The van der Waals surface area contributed by atoms with Crippen LogP contribution < -0.4 is 4.74 Å². The molecular formula is C25H36F2O. The van der Waals surface area contributed by atoms with Crippen molar-refractivity contribution in [2.45, 2.75) is 77.6 Å². The Labute approximate surface area is 169 Å². The Balaban J connectivity index is 1.34. The average molecular weight is 391 g/mol. The second-order valence-electron chi connectivity index (χ2n) is 8.91. The van der Waals surface area contributed by atoms with Gasteiger partial charge in [-0.25, -0.2) is 8.78 Å². The van der Waals surface area contributed by atoms with Crippen LogP contribution in [-0.2, 0) is 0 Å². The van der Waals surface area contributed by atoms with Crippen LogP contribution in [0.25, 0.3) is 0 Å². The molecule has 0 aliphatic heterocycles. The molecule has 3 heteroatoms. The normalized spacial score (nSPS) is 28.5. The Bertz CT molecular complexity index is 611. The summed E-state index contributed by atoms with van der Waals surface area (Å²) < 4.78 is 32.0. The number of benzene rings is 1. The van der Waals surface area contributed by atoms with E-state index in [9.17, 15) is 8.78 Å². The summed E-state index contributed by atoms with van der Waals surface area (Å²) in [6, 6.07) is 3.80. The standard InChI is InChI=1S/C25H36F2O/c1-2-3-4-5-6-19-7-11-21(12-8-19)22-13-9-20(10-14-22)18-28-23-15-16-24(26)25(27)17-23/h5-6,15-17,19-22H,2-4,7-14,18H2,1H3. The maximum Gasteiger partial charge on any atom is 0.162 e. The van der Waals surface area contributed by atoms with E-state index in [1.165, 1.54) is 76.7 Å². The van der Waals surface area contributed by atoms with Gasteiger partial charge in [-0.15, -0.1) is 0 Å². The summed E-state index contributed by atoms with van der Waals surface area (Å²) in [7, 11) is 0. The number of rotatable bonds is 8. The maximum absolute atomic E-state index is 13.3. The molecule has 2 saturated carbocycles. The molecular weight excluding hydrogens is 354 g/mol. The van der Waals surface area contributed by atoms with Crippen LogP contribution in [0.5, 0.6) is 5.75 Å². The summed E-state index contributed by atoms with van der Waals surface area (Å²) in [6.07, 6.45) is 19.3. The van der Waals surface area contributed by atoms with E-state index in [1.54, 1.807) is 0 Å². The van der Waals surface area contributed by atoms with Crippen molar-refractivity contribution in [2.24, 2.45) is 23.7 Å². The molecule has 0 N–H and O–H groups in total. The molecule has 0 radical (unpaired) electrons. The van der Waals surface area contributed by atoms with Gasteiger partial charge in [0.15, 0.2) is 11.6 Å². The topological polar surface area (TPSA) is 9.23 Å². The Morgan fingerprint density at radius 1 is 0.929 bits per heavy atom. The van der Waals surface area contributed by atoms with Crippen LogP contribution in [0.4, 0.5) is 8.78 Å². The Hall–Kier alpha value is -1.38. The second kappa shape index (κ2) is 11.0. The molecule has 0 heterocycles. The van der Waals surface area contributed by atoms with E-state index in [4.69, 9.17) is 4.74 Å². The van der Waals surface area contributed by atoms with Gasteiger partial charge in [-0.3, -0.25) is 0 Å². The zero-order valence-corrected chi connectivity index (χ0v) is 17.3. The van der Waals surface area contributed by atoms with Crippen molar-refractivity contribution in [3.05, 3.63) is 42.0 Å². The molecule has 0 bridgehead atoms. The summed E-state index contributed by atoms with van der Waals surface area (Å²) in [6.45, 7) is 2.87. The third-order valence-electron chi connectivity index (χ3n) is 6.88. The lowest BCUT2D eigenvalue weighted by molar-refractivity contribution is 0.129. The summed E-state index contributed by atoms with van der Waals surface area (Å²) >= 11 is 0. The van der Waals surface area contributed by atoms with Crippen LogP contribution in [0, 0.1) is 35.3 Å². The van der Waals surface area contributed by atoms with Crippen molar-refractivity contribution < 1.29 is 13.5 Å². The van der Waals surface area contributed by atoms with Crippen LogP contribution in [0.3, 0.4) is 0 Å². The van der Waals surface area contributed by atoms with Crippen LogP contribution in [0.15, 0.2) is 30.4 Å². The van der Waals surface area contributed by atoms with Crippen LogP contribution >= 0.6 is 0 Å². The molecule has 156 valence electrons. The minimum Gasteiger partial charge on any atom is -0.493 e. The number of halogens is 2. The zero-order chi connectivity index (χ0) is 19.8. The molecule has 1 aromatic rings. The highest BCUT2D eigenvalue weighted by molar-refractivity contribution is 5.23. The number of allylic oxidation sites excluding steroid dienone is 2.